The fourth-order valence-electron chi connectivity index (χ4n) is 2.64. The van der Waals surface area contributed by atoms with Gasteiger partial charge in [-0.3, -0.25) is 4.90 Å². The molecule has 0 aliphatic rings. The molecule has 0 fully saturated rings. The van der Waals surface area contributed by atoms with E-state index in [1.165, 1.54) is 12.0 Å². The molecule has 2 heteroatoms. The van der Waals surface area contributed by atoms with Crippen LogP contribution in [0.25, 0.3) is 0 Å². The first-order chi connectivity index (χ1) is 8.68. The van der Waals surface area contributed by atoms with Gasteiger partial charge in [-0.05, 0) is 44.8 Å². The maximum absolute atomic E-state index is 5.97. The number of rotatable bonds is 8. The number of aryl methyl sites for hydroxylation is 1. The van der Waals surface area contributed by atoms with Gasteiger partial charge in [0, 0.05) is 12.1 Å². The lowest BCUT2D eigenvalue weighted by Gasteiger charge is -2.40. The van der Waals surface area contributed by atoms with E-state index in [1.807, 2.05) is 0 Å². The van der Waals surface area contributed by atoms with Crippen LogP contribution in [0.2, 0.25) is 0 Å². The van der Waals surface area contributed by atoms with Crippen LogP contribution in [0, 0.1) is 0 Å². The van der Waals surface area contributed by atoms with Crippen molar-refractivity contribution in [2.24, 2.45) is 5.73 Å². The molecule has 0 spiro atoms. The molecule has 0 saturated heterocycles. The maximum atomic E-state index is 5.97. The number of hydrogen-bond donors (Lipinski definition) is 1. The summed E-state index contributed by atoms with van der Waals surface area (Å²) >= 11 is 0. The summed E-state index contributed by atoms with van der Waals surface area (Å²) in [5.74, 6) is 0. The Balaban J connectivity index is 2.43. The molecule has 0 aliphatic carbocycles. The molecule has 18 heavy (non-hydrogen) atoms. The summed E-state index contributed by atoms with van der Waals surface area (Å²) in [5, 5.41) is 0. The lowest BCUT2D eigenvalue weighted by atomic mass is 9.91. The Morgan fingerprint density at radius 1 is 1.11 bits per heavy atom. The second-order valence-electron chi connectivity index (χ2n) is 5.15. The molecule has 0 atom stereocenters. The van der Waals surface area contributed by atoms with Gasteiger partial charge < -0.3 is 5.73 Å². The normalized spacial score (nSPS) is 12.1. The molecule has 0 aliphatic heterocycles. The molecule has 0 bridgehead atoms. The first-order valence-electron chi connectivity index (χ1n) is 7.13. The minimum absolute atomic E-state index is 0.191. The topological polar surface area (TPSA) is 29.3 Å². The van der Waals surface area contributed by atoms with Crippen LogP contribution in [-0.4, -0.2) is 30.6 Å². The number of nitrogens with zero attached hydrogens (tertiary/aromatic N) is 1. The van der Waals surface area contributed by atoms with Gasteiger partial charge in [0.15, 0.2) is 0 Å². The number of likely N-dealkylation sites (N-methyl/N-ethyl adjacent to an activating group) is 1. The van der Waals surface area contributed by atoms with E-state index in [-0.39, 0.29) is 5.54 Å². The highest BCUT2D eigenvalue weighted by atomic mass is 15.2. The molecule has 1 aromatic carbocycles. The third-order valence-electron chi connectivity index (χ3n) is 4.31. The molecule has 1 aromatic rings. The van der Waals surface area contributed by atoms with E-state index < -0.39 is 0 Å². The molecule has 2 N–H and O–H groups in total. The molecule has 0 aromatic heterocycles. The van der Waals surface area contributed by atoms with Gasteiger partial charge in [-0.15, -0.1) is 0 Å². The summed E-state index contributed by atoms with van der Waals surface area (Å²) in [6.45, 7) is 6.35. The van der Waals surface area contributed by atoms with Crippen molar-refractivity contribution in [3.8, 4) is 0 Å². The third-order valence-corrected chi connectivity index (χ3v) is 4.31. The van der Waals surface area contributed by atoms with Crippen molar-refractivity contribution < 1.29 is 0 Å². The summed E-state index contributed by atoms with van der Waals surface area (Å²) in [6, 6.07) is 10.7. The highest BCUT2D eigenvalue weighted by Gasteiger charge is 2.28. The fraction of sp³-hybridized carbons (Fsp3) is 0.625. The van der Waals surface area contributed by atoms with Crippen molar-refractivity contribution in [1.29, 1.82) is 0 Å². The van der Waals surface area contributed by atoms with Crippen LogP contribution >= 0.6 is 0 Å². The van der Waals surface area contributed by atoms with Crippen LogP contribution in [0.4, 0.5) is 0 Å². The molecular weight excluding hydrogens is 220 g/mol. The van der Waals surface area contributed by atoms with E-state index in [2.05, 4.69) is 56.1 Å². The lowest BCUT2D eigenvalue weighted by molar-refractivity contribution is 0.114. The smallest absolute Gasteiger partial charge is 0.0323 e. The minimum atomic E-state index is 0.191. The zero-order valence-electron chi connectivity index (χ0n) is 12.2. The van der Waals surface area contributed by atoms with Crippen LogP contribution in [0.15, 0.2) is 30.3 Å². The van der Waals surface area contributed by atoms with Crippen LogP contribution in [-0.2, 0) is 6.42 Å². The predicted octanol–water partition coefficient (Wildman–Crippen LogP) is 3.07. The minimum Gasteiger partial charge on any atom is -0.329 e. The van der Waals surface area contributed by atoms with E-state index in [0.717, 1.165) is 32.4 Å². The Hall–Kier alpha value is -0.860. The quantitative estimate of drug-likeness (QED) is 0.766. The molecule has 0 saturated carbocycles. The molecule has 0 radical (unpaired) electrons. The summed E-state index contributed by atoms with van der Waals surface area (Å²) < 4.78 is 0. The molecule has 0 amide bonds. The Kier molecular flexibility index (Phi) is 6.37. The number of nitrogens with two attached hydrogens (primary N) is 1. The summed E-state index contributed by atoms with van der Waals surface area (Å²) in [5.41, 5.74) is 7.59. The van der Waals surface area contributed by atoms with Gasteiger partial charge in [-0.25, -0.2) is 0 Å². The Labute approximate surface area is 112 Å². The van der Waals surface area contributed by atoms with Crippen LogP contribution in [0.3, 0.4) is 0 Å². The van der Waals surface area contributed by atoms with Gasteiger partial charge in [0.2, 0.25) is 0 Å². The second-order valence-corrected chi connectivity index (χ2v) is 5.15. The zero-order chi connectivity index (χ0) is 13.4. The molecule has 102 valence electrons. The van der Waals surface area contributed by atoms with Gasteiger partial charge in [-0.1, -0.05) is 44.2 Å². The Morgan fingerprint density at radius 3 is 2.22 bits per heavy atom. The summed E-state index contributed by atoms with van der Waals surface area (Å²) in [6.07, 6.45) is 4.60. The average Bonchev–Trinajstić information content (AvgIpc) is 2.42. The number of benzene rings is 1. The molecule has 2 nitrogen and oxygen atoms in total. The lowest BCUT2D eigenvalue weighted by Crippen LogP contribution is -2.51. The third kappa shape index (κ3) is 3.82. The van der Waals surface area contributed by atoms with Gasteiger partial charge in [-0.2, -0.15) is 0 Å². The number of hydrogen-bond acceptors (Lipinski definition) is 2. The van der Waals surface area contributed by atoms with E-state index in [9.17, 15) is 0 Å². The van der Waals surface area contributed by atoms with Crippen molar-refractivity contribution in [1.82, 2.24) is 4.90 Å². The zero-order valence-corrected chi connectivity index (χ0v) is 12.2. The van der Waals surface area contributed by atoms with E-state index >= 15 is 0 Å². The largest absolute Gasteiger partial charge is 0.329 e. The fourth-order valence-corrected chi connectivity index (χ4v) is 2.64. The van der Waals surface area contributed by atoms with Crippen LogP contribution < -0.4 is 5.73 Å². The second kappa shape index (κ2) is 7.55. The van der Waals surface area contributed by atoms with Crippen LogP contribution in [0.1, 0.15) is 38.7 Å². The van der Waals surface area contributed by atoms with Crippen molar-refractivity contribution >= 4 is 0 Å². The molecule has 0 heterocycles. The van der Waals surface area contributed by atoms with E-state index in [0.29, 0.717) is 0 Å². The highest BCUT2D eigenvalue weighted by Crippen LogP contribution is 2.21. The highest BCUT2D eigenvalue weighted by molar-refractivity contribution is 5.14. The monoisotopic (exact) mass is 248 g/mol. The Morgan fingerprint density at radius 2 is 1.72 bits per heavy atom. The van der Waals surface area contributed by atoms with Crippen molar-refractivity contribution in [3.05, 3.63) is 35.9 Å². The van der Waals surface area contributed by atoms with E-state index in [4.69, 9.17) is 5.73 Å². The SMILES string of the molecule is CCC(CC)(CN)N(C)CCCc1ccccc1. The van der Waals surface area contributed by atoms with E-state index in [1.54, 1.807) is 0 Å². The first-order valence-corrected chi connectivity index (χ1v) is 7.13. The van der Waals surface area contributed by atoms with Gasteiger partial charge >= 0.3 is 0 Å². The predicted molar refractivity (Wildman–Crippen MR) is 79.8 cm³/mol. The molecular formula is C16H28N2. The maximum Gasteiger partial charge on any atom is 0.0323 e. The molecule has 1 rings (SSSR count). The van der Waals surface area contributed by atoms with Gasteiger partial charge in [0.05, 0.1) is 0 Å². The van der Waals surface area contributed by atoms with Gasteiger partial charge in [0.25, 0.3) is 0 Å². The van der Waals surface area contributed by atoms with Crippen LogP contribution in [0.5, 0.6) is 0 Å². The summed E-state index contributed by atoms with van der Waals surface area (Å²) in [4.78, 5) is 2.45. The van der Waals surface area contributed by atoms with Crippen molar-refractivity contribution in [2.75, 3.05) is 20.1 Å². The molecule has 0 unspecified atom stereocenters. The van der Waals surface area contributed by atoms with Gasteiger partial charge in [0.1, 0.15) is 0 Å². The first kappa shape index (κ1) is 15.2. The van der Waals surface area contributed by atoms with Crippen molar-refractivity contribution in [2.45, 2.75) is 45.1 Å². The van der Waals surface area contributed by atoms with Crippen molar-refractivity contribution in [3.63, 3.8) is 0 Å². The average molecular weight is 248 g/mol. The standard InChI is InChI=1S/C16H28N2/c1-4-16(5-2,14-17)18(3)13-9-12-15-10-7-6-8-11-15/h6-8,10-11H,4-5,9,12-14,17H2,1-3H3. The summed E-state index contributed by atoms with van der Waals surface area (Å²) in [7, 11) is 2.21. The Bertz CT molecular complexity index is 309.